The molecule has 0 unspecified atom stereocenters. The van der Waals surface area contributed by atoms with Crippen molar-refractivity contribution in [2.75, 3.05) is 13.2 Å². The van der Waals surface area contributed by atoms with Gasteiger partial charge in [0.05, 0.1) is 6.61 Å². The summed E-state index contributed by atoms with van der Waals surface area (Å²) in [6.45, 7) is 4.27. The average Bonchev–Trinajstić information content (AvgIpc) is 2.36. The smallest absolute Gasteiger partial charge is 0.218 e. The fourth-order valence-corrected chi connectivity index (χ4v) is 1.48. The first kappa shape index (κ1) is 17.7. The number of benzene rings is 1. The molecule has 0 fully saturated rings. The summed E-state index contributed by atoms with van der Waals surface area (Å²) in [5.41, 5.74) is 6.22. The molecule has 0 bridgehead atoms. The van der Waals surface area contributed by atoms with Crippen LogP contribution in [0, 0.1) is 0 Å². The molecule has 19 heavy (non-hydrogen) atoms. The Hall–Kier alpha value is -1.26. The van der Waals surface area contributed by atoms with Crippen LogP contribution in [0.15, 0.2) is 24.3 Å². The molecule has 0 heterocycles. The third-order valence-corrected chi connectivity index (χ3v) is 2.57. The summed E-state index contributed by atoms with van der Waals surface area (Å²) in [4.78, 5) is 10.5. The van der Waals surface area contributed by atoms with E-state index in [1.807, 2.05) is 24.3 Å². The van der Waals surface area contributed by atoms with E-state index < -0.39 is 0 Å². The van der Waals surface area contributed by atoms with Crippen molar-refractivity contribution >= 4 is 18.3 Å². The van der Waals surface area contributed by atoms with Crippen molar-refractivity contribution < 1.29 is 9.53 Å². The molecule has 108 valence electrons. The summed E-state index contributed by atoms with van der Waals surface area (Å²) in [5, 5.41) is 3.16. The Morgan fingerprint density at radius 3 is 2.58 bits per heavy atom. The maximum atomic E-state index is 10.5. The Morgan fingerprint density at radius 2 is 2.00 bits per heavy atom. The molecule has 4 nitrogen and oxygen atoms in total. The lowest BCUT2D eigenvalue weighted by atomic mass is 10.2. The Bertz CT molecular complexity index is 355. The van der Waals surface area contributed by atoms with Gasteiger partial charge in [-0.25, -0.2) is 0 Å². The zero-order valence-electron chi connectivity index (χ0n) is 11.4. The Labute approximate surface area is 121 Å². The van der Waals surface area contributed by atoms with Crippen molar-refractivity contribution in [1.82, 2.24) is 5.32 Å². The van der Waals surface area contributed by atoms with Gasteiger partial charge in [-0.05, 0) is 24.1 Å². The molecule has 0 aromatic heterocycles. The predicted molar refractivity (Wildman–Crippen MR) is 79.6 cm³/mol. The van der Waals surface area contributed by atoms with Crippen LogP contribution >= 0.6 is 12.4 Å². The SMILES string of the molecule is CCCCOc1ccc(CNCCC(N)=O)cc1.Cl. The zero-order chi connectivity index (χ0) is 13.2. The van der Waals surface area contributed by atoms with Crippen LogP contribution in [0.5, 0.6) is 5.75 Å². The highest BCUT2D eigenvalue weighted by Crippen LogP contribution is 2.12. The minimum absolute atomic E-state index is 0. The van der Waals surface area contributed by atoms with E-state index >= 15 is 0 Å². The Morgan fingerprint density at radius 1 is 1.32 bits per heavy atom. The van der Waals surface area contributed by atoms with Crippen LogP contribution in [0.1, 0.15) is 31.7 Å². The monoisotopic (exact) mass is 286 g/mol. The molecule has 0 atom stereocenters. The highest BCUT2D eigenvalue weighted by atomic mass is 35.5. The van der Waals surface area contributed by atoms with Crippen LogP contribution in [-0.2, 0) is 11.3 Å². The maximum Gasteiger partial charge on any atom is 0.218 e. The van der Waals surface area contributed by atoms with E-state index in [-0.39, 0.29) is 18.3 Å². The molecule has 3 N–H and O–H groups in total. The molecule has 0 aliphatic carbocycles. The largest absolute Gasteiger partial charge is 0.494 e. The number of nitrogens with one attached hydrogen (secondary N) is 1. The van der Waals surface area contributed by atoms with E-state index in [1.54, 1.807) is 0 Å². The van der Waals surface area contributed by atoms with Crippen LogP contribution in [-0.4, -0.2) is 19.1 Å². The average molecular weight is 287 g/mol. The Balaban J connectivity index is 0.00000324. The second-order valence-electron chi connectivity index (χ2n) is 4.24. The molecule has 1 aromatic rings. The number of unbranched alkanes of at least 4 members (excludes halogenated alkanes) is 1. The van der Waals surface area contributed by atoms with Crippen molar-refractivity contribution in [3.05, 3.63) is 29.8 Å². The van der Waals surface area contributed by atoms with E-state index in [0.29, 0.717) is 13.0 Å². The second kappa shape index (κ2) is 10.6. The van der Waals surface area contributed by atoms with Crippen molar-refractivity contribution in [2.24, 2.45) is 5.73 Å². The van der Waals surface area contributed by atoms with Crippen molar-refractivity contribution in [1.29, 1.82) is 0 Å². The van der Waals surface area contributed by atoms with Crippen molar-refractivity contribution in [2.45, 2.75) is 32.7 Å². The summed E-state index contributed by atoms with van der Waals surface area (Å²) in [6.07, 6.45) is 2.59. The van der Waals surface area contributed by atoms with Crippen molar-refractivity contribution in [3.63, 3.8) is 0 Å². The minimum atomic E-state index is -0.276. The number of carbonyl (C=O) groups excluding carboxylic acids is 1. The van der Waals surface area contributed by atoms with Crippen LogP contribution in [0.2, 0.25) is 0 Å². The first-order valence-corrected chi connectivity index (χ1v) is 6.43. The van der Waals surface area contributed by atoms with Gasteiger partial charge in [-0.1, -0.05) is 25.5 Å². The number of nitrogens with two attached hydrogens (primary N) is 1. The molecule has 1 aromatic carbocycles. The number of carbonyl (C=O) groups is 1. The first-order valence-electron chi connectivity index (χ1n) is 6.43. The van der Waals surface area contributed by atoms with Crippen LogP contribution in [0.4, 0.5) is 0 Å². The molecule has 0 spiro atoms. The maximum absolute atomic E-state index is 10.5. The fourth-order valence-electron chi connectivity index (χ4n) is 1.48. The number of ether oxygens (including phenoxy) is 1. The molecule has 1 rings (SSSR count). The van der Waals surface area contributed by atoms with Crippen molar-refractivity contribution in [3.8, 4) is 5.75 Å². The van der Waals surface area contributed by atoms with Crippen LogP contribution in [0.25, 0.3) is 0 Å². The van der Waals surface area contributed by atoms with Gasteiger partial charge in [-0.3, -0.25) is 4.79 Å². The van der Waals surface area contributed by atoms with E-state index in [1.165, 1.54) is 5.56 Å². The van der Waals surface area contributed by atoms with Gasteiger partial charge in [0, 0.05) is 19.5 Å². The lowest BCUT2D eigenvalue weighted by Crippen LogP contribution is -2.21. The lowest BCUT2D eigenvalue weighted by molar-refractivity contribution is -0.117. The number of hydrogen-bond acceptors (Lipinski definition) is 3. The quantitative estimate of drug-likeness (QED) is 0.684. The molecular formula is C14H23ClN2O2. The normalized spacial score (nSPS) is 9.74. The summed E-state index contributed by atoms with van der Waals surface area (Å²) >= 11 is 0. The van der Waals surface area contributed by atoms with E-state index in [4.69, 9.17) is 10.5 Å². The van der Waals surface area contributed by atoms with Gasteiger partial charge in [0.2, 0.25) is 5.91 Å². The molecule has 0 aliphatic heterocycles. The standard InChI is InChI=1S/C14H22N2O2.ClH/c1-2-3-10-18-13-6-4-12(5-7-13)11-16-9-8-14(15)17;/h4-7,16H,2-3,8-11H2,1H3,(H2,15,17);1H. The van der Waals surface area contributed by atoms with Gasteiger partial charge in [0.25, 0.3) is 0 Å². The van der Waals surface area contributed by atoms with Crippen LogP contribution < -0.4 is 15.8 Å². The third kappa shape index (κ3) is 8.46. The van der Waals surface area contributed by atoms with Gasteiger partial charge in [0.1, 0.15) is 5.75 Å². The van der Waals surface area contributed by atoms with E-state index in [9.17, 15) is 4.79 Å². The predicted octanol–water partition coefficient (Wildman–Crippen LogP) is 2.25. The van der Waals surface area contributed by atoms with Gasteiger partial charge < -0.3 is 15.8 Å². The van der Waals surface area contributed by atoms with Gasteiger partial charge in [-0.15, -0.1) is 12.4 Å². The van der Waals surface area contributed by atoms with Gasteiger partial charge >= 0.3 is 0 Å². The number of amides is 1. The third-order valence-electron chi connectivity index (χ3n) is 2.57. The minimum Gasteiger partial charge on any atom is -0.494 e. The number of primary amides is 1. The molecule has 1 amide bonds. The van der Waals surface area contributed by atoms with E-state index in [2.05, 4.69) is 12.2 Å². The number of hydrogen-bond donors (Lipinski definition) is 2. The first-order chi connectivity index (χ1) is 8.72. The summed E-state index contributed by atoms with van der Waals surface area (Å²) < 4.78 is 5.58. The fraction of sp³-hybridized carbons (Fsp3) is 0.500. The van der Waals surface area contributed by atoms with Crippen LogP contribution in [0.3, 0.4) is 0 Å². The number of rotatable bonds is 9. The molecular weight excluding hydrogens is 264 g/mol. The van der Waals surface area contributed by atoms with E-state index in [0.717, 1.165) is 31.7 Å². The molecule has 5 heteroatoms. The summed E-state index contributed by atoms with van der Waals surface area (Å²) in [6, 6.07) is 8.00. The Kier molecular flexibility index (Phi) is 9.94. The summed E-state index contributed by atoms with van der Waals surface area (Å²) in [7, 11) is 0. The molecule has 0 saturated carbocycles. The highest BCUT2D eigenvalue weighted by Gasteiger charge is 1.97. The number of halogens is 1. The topological polar surface area (TPSA) is 64.3 Å². The molecule has 0 aliphatic rings. The second-order valence-corrected chi connectivity index (χ2v) is 4.24. The van der Waals surface area contributed by atoms with Gasteiger partial charge in [-0.2, -0.15) is 0 Å². The highest BCUT2D eigenvalue weighted by molar-refractivity contribution is 5.85. The lowest BCUT2D eigenvalue weighted by Gasteiger charge is -2.07. The summed E-state index contributed by atoms with van der Waals surface area (Å²) in [5.74, 6) is 0.631. The zero-order valence-corrected chi connectivity index (χ0v) is 12.2. The molecule has 0 radical (unpaired) electrons. The van der Waals surface area contributed by atoms with Gasteiger partial charge in [0.15, 0.2) is 0 Å². The molecule has 0 saturated heterocycles.